The van der Waals surface area contributed by atoms with Crippen LogP contribution in [0.25, 0.3) is 60.6 Å². The van der Waals surface area contributed by atoms with Crippen LogP contribution in [0.2, 0.25) is 0 Å². The fourth-order valence-electron chi connectivity index (χ4n) is 6.81. The summed E-state index contributed by atoms with van der Waals surface area (Å²) < 4.78 is 2.37. The number of pyridine rings is 1. The number of rotatable bonds is 0. The van der Waals surface area contributed by atoms with E-state index in [9.17, 15) is 0 Å². The summed E-state index contributed by atoms with van der Waals surface area (Å²) in [5.41, 5.74) is 16.0. The maximum Gasteiger partial charge on any atom is 0.146 e. The number of benzene rings is 5. The summed E-state index contributed by atoms with van der Waals surface area (Å²) in [6, 6.07) is 35.6. The topological polar surface area (TPSA) is 17.3 Å². The van der Waals surface area contributed by atoms with Gasteiger partial charge < -0.3 is 0 Å². The van der Waals surface area contributed by atoms with E-state index < -0.39 is 0 Å². The number of hydrogen-bond acceptors (Lipinski definition) is 1. The highest BCUT2D eigenvalue weighted by Gasteiger charge is 2.30. The van der Waals surface area contributed by atoms with Gasteiger partial charge in [0.2, 0.25) is 0 Å². The minimum absolute atomic E-state index is 0.961. The van der Waals surface area contributed by atoms with Crippen molar-refractivity contribution in [3.05, 3.63) is 119 Å². The van der Waals surface area contributed by atoms with Crippen molar-refractivity contribution < 1.29 is 0 Å². The summed E-state index contributed by atoms with van der Waals surface area (Å²) in [7, 11) is 0. The third-order valence-corrected chi connectivity index (χ3v) is 8.24. The van der Waals surface area contributed by atoms with Crippen LogP contribution in [0.5, 0.6) is 0 Å². The van der Waals surface area contributed by atoms with E-state index in [1.165, 1.54) is 71.7 Å². The van der Waals surface area contributed by atoms with E-state index in [1.807, 2.05) is 0 Å². The first kappa shape index (κ1) is 18.0. The van der Waals surface area contributed by atoms with Crippen molar-refractivity contribution in [3.63, 3.8) is 0 Å². The molecule has 2 aliphatic carbocycles. The van der Waals surface area contributed by atoms with Crippen LogP contribution in [-0.4, -0.2) is 9.38 Å². The molecule has 2 nitrogen and oxygen atoms in total. The zero-order valence-electron chi connectivity index (χ0n) is 19.0. The SMILES string of the molecule is c1ccc2c(c1)Cc1c-2ccc2c1-c1ccc3c4ccccc4n4c5ccccc5nc4c3c1C2. The van der Waals surface area contributed by atoms with Gasteiger partial charge in [-0.1, -0.05) is 78.9 Å². The molecule has 2 aromatic heterocycles. The molecule has 9 rings (SSSR count). The predicted octanol–water partition coefficient (Wildman–Crippen LogP) is 7.94. The molecule has 0 N–H and O–H groups in total. The standard InChI is InChI=1S/C33H20N2/c1-2-8-21-19(7-1)17-26-22(21)14-13-20-18-27-25(31(20)26)16-15-24-23-9-3-5-11-29(23)35-30-12-6-4-10-28(30)34-33(35)32(24)27/h1-16H,17-18H2. The molecule has 0 unspecified atom stereocenters. The van der Waals surface area contributed by atoms with Crippen molar-refractivity contribution in [2.45, 2.75) is 12.8 Å². The highest BCUT2D eigenvalue weighted by Crippen LogP contribution is 2.50. The van der Waals surface area contributed by atoms with Crippen LogP contribution in [0, 0.1) is 0 Å². The minimum atomic E-state index is 0.961. The smallest absolute Gasteiger partial charge is 0.146 e. The molecule has 0 saturated carbocycles. The van der Waals surface area contributed by atoms with Crippen LogP contribution in [0.1, 0.15) is 22.3 Å². The molecule has 162 valence electrons. The zero-order chi connectivity index (χ0) is 22.7. The van der Waals surface area contributed by atoms with E-state index in [0.29, 0.717) is 0 Å². The van der Waals surface area contributed by atoms with E-state index in [0.717, 1.165) is 24.0 Å². The van der Waals surface area contributed by atoms with Gasteiger partial charge in [-0.3, -0.25) is 4.40 Å². The van der Waals surface area contributed by atoms with E-state index in [1.54, 1.807) is 0 Å². The van der Waals surface area contributed by atoms with Gasteiger partial charge in [0.05, 0.1) is 16.6 Å². The number of nitrogens with zero attached hydrogens (tertiary/aromatic N) is 2. The Morgan fingerprint density at radius 3 is 2.29 bits per heavy atom. The summed E-state index contributed by atoms with van der Waals surface area (Å²) in [4.78, 5) is 5.20. The lowest BCUT2D eigenvalue weighted by molar-refractivity contribution is 1.24. The molecule has 0 fully saturated rings. The first-order chi connectivity index (χ1) is 17.4. The average Bonchev–Trinajstić information content (AvgIpc) is 3.59. The van der Waals surface area contributed by atoms with Gasteiger partial charge in [0.15, 0.2) is 0 Å². The highest BCUT2D eigenvalue weighted by atomic mass is 15.0. The Hall–Kier alpha value is -4.43. The van der Waals surface area contributed by atoms with Crippen molar-refractivity contribution in [2.75, 3.05) is 0 Å². The molecule has 0 amide bonds. The van der Waals surface area contributed by atoms with Crippen LogP contribution < -0.4 is 0 Å². The van der Waals surface area contributed by atoms with Gasteiger partial charge >= 0.3 is 0 Å². The number of aromatic nitrogens is 2. The summed E-state index contributed by atoms with van der Waals surface area (Å²) in [6.45, 7) is 0. The van der Waals surface area contributed by atoms with E-state index in [-0.39, 0.29) is 0 Å². The van der Waals surface area contributed by atoms with Gasteiger partial charge in [0.1, 0.15) is 5.65 Å². The van der Waals surface area contributed by atoms with Gasteiger partial charge in [-0.25, -0.2) is 4.98 Å². The van der Waals surface area contributed by atoms with Crippen molar-refractivity contribution in [1.82, 2.24) is 9.38 Å². The predicted molar refractivity (Wildman–Crippen MR) is 144 cm³/mol. The molecule has 2 heterocycles. The largest absolute Gasteiger partial charge is 0.292 e. The Bertz CT molecular complexity index is 2060. The van der Waals surface area contributed by atoms with Gasteiger partial charge in [0, 0.05) is 10.8 Å². The summed E-state index contributed by atoms with van der Waals surface area (Å²) in [6.07, 6.45) is 1.98. The highest BCUT2D eigenvalue weighted by molar-refractivity contribution is 6.17. The molecule has 0 atom stereocenters. The maximum absolute atomic E-state index is 5.20. The van der Waals surface area contributed by atoms with Gasteiger partial charge in [-0.05, 0) is 80.9 Å². The van der Waals surface area contributed by atoms with Gasteiger partial charge in [-0.2, -0.15) is 0 Å². The van der Waals surface area contributed by atoms with Crippen LogP contribution in [0.3, 0.4) is 0 Å². The van der Waals surface area contributed by atoms with E-state index in [2.05, 4.69) is 101 Å². The molecule has 35 heavy (non-hydrogen) atoms. The molecule has 5 aromatic carbocycles. The fourth-order valence-corrected chi connectivity index (χ4v) is 6.81. The normalized spacial score (nSPS) is 13.5. The number of imidazole rings is 1. The van der Waals surface area contributed by atoms with Crippen molar-refractivity contribution in [2.24, 2.45) is 0 Å². The summed E-state index contributed by atoms with van der Waals surface area (Å²) in [5, 5.41) is 3.89. The Morgan fingerprint density at radius 2 is 1.31 bits per heavy atom. The molecular weight excluding hydrogens is 424 g/mol. The molecule has 7 aromatic rings. The zero-order valence-corrected chi connectivity index (χ0v) is 19.0. The monoisotopic (exact) mass is 444 g/mol. The van der Waals surface area contributed by atoms with Crippen molar-refractivity contribution in [3.8, 4) is 22.3 Å². The lowest BCUT2D eigenvalue weighted by atomic mass is 9.93. The van der Waals surface area contributed by atoms with Gasteiger partial charge in [0.25, 0.3) is 0 Å². The molecule has 0 aliphatic heterocycles. The Labute approximate surface area is 202 Å². The van der Waals surface area contributed by atoms with Crippen LogP contribution in [0.4, 0.5) is 0 Å². The Morgan fingerprint density at radius 1 is 0.543 bits per heavy atom. The molecule has 0 saturated heterocycles. The first-order valence-corrected chi connectivity index (χ1v) is 12.3. The quantitative estimate of drug-likeness (QED) is 0.217. The first-order valence-electron chi connectivity index (χ1n) is 12.3. The number of fused-ring (bicyclic) bond motifs is 16. The molecule has 2 aliphatic rings. The average molecular weight is 445 g/mol. The summed E-state index contributed by atoms with van der Waals surface area (Å²) >= 11 is 0. The van der Waals surface area contributed by atoms with Crippen molar-refractivity contribution in [1.29, 1.82) is 0 Å². The number of para-hydroxylation sites is 3. The molecule has 2 heteroatoms. The molecule has 0 radical (unpaired) electrons. The second kappa shape index (κ2) is 6.17. The van der Waals surface area contributed by atoms with Crippen LogP contribution in [-0.2, 0) is 12.8 Å². The van der Waals surface area contributed by atoms with Crippen molar-refractivity contribution >= 4 is 38.4 Å². The second-order valence-electron chi connectivity index (χ2n) is 9.93. The lowest BCUT2D eigenvalue weighted by Crippen LogP contribution is -1.94. The maximum atomic E-state index is 5.20. The third-order valence-electron chi connectivity index (χ3n) is 8.24. The third kappa shape index (κ3) is 2.14. The Balaban J connectivity index is 1.44. The second-order valence-corrected chi connectivity index (χ2v) is 9.93. The Kier molecular flexibility index (Phi) is 3.16. The van der Waals surface area contributed by atoms with Gasteiger partial charge in [-0.15, -0.1) is 0 Å². The minimum Gasteiger partial charge on any atom is -0.292 e. The fraction of sp³-hybridized carbons (Fsp3) is 0.0606. The van der Waals surface area contributed by atoms with E-state index in [4.69, 9.17) is 4.98 Å². The molecule has 0 bridgehead atoms. The molecular formula is C33H20N2. The summed E-state index contributed by atoms with van der Waals surface area (Å²) in [5.74, 6) is 0. The lowest BCUT2D eigenvalue weighted by Gasteiger charge is -2.13. The molecule has 0 spiro atoms. The van der Waals surface area contributed by atoms with E-state index >= 15 is 0 Å². The van der Waals surface area contributed by atoms with Crippen LogP contribution >= 0.6 is 0 Å². The van der Waals surface area contributed by atoms with Crippen LogP contribution in [0.15, 0.2) is 97.1 Å². The number of hydrogen-bond donors (Lipinski definition) is 0.